The van der Waals surface area contributed by atoms with Crippen LogP contribution in [0.2, 0.25) is 5.02 Å². The molecule has 0 aliphatic carbocycles. The molecule has 0 radical (unpaired) electrons. The second-order valence-corrected chi connectivity index (χ2v) is 8.60. The number of aromatic nitrogens is 3. The summed E-state index contributed by atoms with van der Waals surface area (Å²) in [5.41, 5.74) is 5.97. The molecule has 3 N–H and O–H groups in total. The van der Waals surface area contributed by atoms with E-state index in [0.29, 0.717) is 28.2 Å². The molecule has 0 spiro atoms. The number of primary amides is 1. The normalized spacial score (nSPS) is 11.9. The van der Waals surface area contributed by atoms with Gasteiger partial charge in [0.15, 0.2) is 11.0 Å². The number of carbonyl (C=O) groups excluding carboxylic acids is 2. The maximum Gasteiger partial charge on any atom is 0.237 e. The van der Waals surface area contributed by atoms with Crippen molar-refractivity contribution in [2.75, 3.05) is 5.32 Å². The van der Waals surface area contributed by atoms with E-state index in [2.05, 4.69) is 15.5 Å². The summed E-state index contributed by atoms with van der Waals surface area (Å²) in [6.45, 7) is 2.14. The van der Waals surface area contributed by atoms with Crippen molar-refractivity contribution in [1.82, 2.24) is 14.8 Å². The average Bonchev–Trinajstić information content (AvgIpc) is 3.31. The van der Waals surface area contributed by atoms with Gasteiger partial charge in [0.2, 0.25) is 11.8 Å². The Hall–Kier alpha value is -2.36. The molecular formula is C18H18ClN5O2S2. The van der Waals surface area contributed by atoms with Crippen molar-refractivity contribution in [2.24, 2.45) is 5.73 Å². The lowest BCUT2D eigenvalue weighted by Crippen LogP contribution is -2.23. The summed E-state index contributed by atoms with van der Waals surface area (Å²) >= 11 is 8.67. The van der Waals surface area contributed by atoms with E-state index in [1.165, 1.54) is 23.1 Å². The van der Waals surface area contributed by atoms with E-state index in [-0.39, 0.29) is 12.3 Å². The number of nitrogens with zero attached hydrogens (tertiary/aromatic N) is 3. The van der Waals surface area contributed by atoms with Gasteiger partial charge in [0.1, 0.15) is 0 Å². The van der Waals surface area contributed by atoms with Gasteiger partial charge in [0.25, 0.3) is 0 Å². The Bertz CT molecular complexity index is 957. The molecule has 1 aromatic carbocycles. The SMILES string of the molecule is CC(Sc1nnc(-c2cccs2)n1CCC(N)=O)C(=O)Nc1ccc(Cl)cc1. The maximum atomic E-state index is 12.5. The number of rotatable bonds is 8. The van der Waals surface area contributed by atoms with Gasteiger partial charge in [0, 0.05) is 23.7 Å². The molecule has 0 saturated heterocycles. The predicted octanol–water partition coefficient (Wildman–Crippen LogP) is 3.65. The van der Waals surface area contributed by atoms with Gasteiger partial charge in [-0.15, -0.1) is 21.5 Å². The topological polar surface area (TPSA) is 103 Å². The minimum Gasteiger partial charge on any atom is -0.370 e. The Balaban J connectivity index is 1.75. The molecule has 1 atom stereocenters. The highest BCUT2D eigenvalue weighted by Gasteiger charge is 2.21. The Morgan fingerprint density at radius 1 is 1.29 bits per heavy atom. The third kappa shape index (κ3) is 5.12. The van der Waals surface area contributed by atoms with Crippen molar-refractivity contribution < 1.29 is 9.59 Å². The first-order valence-corrected chi connectivity index (χ1v) is 10.6. The van der Waals surface area contributed by atoms with E-state index >= 15 is 0 Å². The summed E-state index contributed by atoms with van der Waals surface area (Å²) < 4.78 is 1.83. The summed E-state index contributed by atoms with van der Waals surface area (Å²) in [6, 6.07) is 10.7. The van der Waals surface area contributed by atoms with Crippen LogP contribution in [0.5, 0.6) is 0 Å². The monoisotopic (exact) mass is 435 g/mol. The van der Waals surface area contributed by atoms with Gasteiger partial charge in [0.05, 0.1) is 10.1 Å². The third-order valence-corrected chi connectivity index (χ3v) is 6.00. The molecule has 3 aromatic rings. The molecule has 146 valence electrons. The van der Waals surface area contributed by atoms with Gasteiger partial charge in [-0.3, -0.25) is 9.59 Å². The molecule has 1 unspecified atom stereocenters. The van der Waals surface area contributed by atoms with Crippen LogP contribution in [0, 0.1) is 0 Å². The number of hydrogen-bond donors (Lipinski definition) is 2. The molecule has 0 aliphatic heterocycles. The van der Waals surface area contributed by atoms with Crippen LogP contribution in [0.25, 0.3) is 10.7 Å². The van der Waals surface area contributed by atoms with E-state index in [0.717, 1.165) is 4.88 Å². The van der Waals surface area contributed by atoms with Gasteiger partial charge in [-0.05, 0) is 42.6 Å². The van der Waals surface area contributed by atoms with Gasteiger partial charge in [-0.1, -0.05) is 29.4 Å². The highest BCUT2D eigenvalue weighted by molar-refractivity contribution is 8.00. The van der Waals surface area contributed by atoms with Crippen LogP contribution in [0.3, 0.4) is 0 Å². The zero-order valence-electron chi connectivity index (χ0n) is 15.0. The standard InChI is InChI=1S/C18H18ClN5O2S2/c1-11(17(26)21-13-6-4-12(19)5-7-13)28-18-23-22-16(14-3-2-10-27-14)24(18)9-8-15(20)25/h2-7,10-11H,8-9H2,1H3,(H2,20,25)(H,21,26). The zero-order valence-corrected chi connectivity index (χ0v) is 17.4. The Kier molecular flexibility index (Phi) is 6.71. The number of anilines is 1. The molecule has 2 amide bonds. The van der Waals surface area contributed by atoms with E-state index in [9.17, 15) is 9.59 Å². The number of nitrogens with one attached hydrogen (secondary N) is 1. The van der Waals surface area contributed by atoms with Gasteiger partial charge in [-0.25, -0.2) is 0 Å². The van der Waals surface area contributed by atoms with Crippen molar-refractivity contribution >= 4 is 52.2 Å². The number of thioether (sulfide) groups is 1. The van der Waals surface area contributed by atoms with Crippen LogP contribution >= 0.6 is 34.7 Å². The second kappa shape index (κ2) is 9.22. The Morgan fingerprint density at radius 2 is 2.04 bits per heavy atom. The van der Waals surface area contributed by atoms with Gasteiger partial charge in [-0.2, -0.15) is 0 Å². The number of hydrogen-bond acceptors (Lipinski definition) is 6. The van der Waals surface area contributed by atoms with E-state index in [1.807, 2.05) is 22.1 Å². The van der Waals surface area contributed by atoms with Gasteiger partial charge >= 0.3 is 0 Å². The molecule has 2 aromatic heterocycles. The molecular weight excluding hydrogens is 418 g/mol. The minimum absolute atomic E-state index is 0.162. The molecule has 0 bridgehead atoms. The number of halogens is 1. The van der Waals surface area contributed by atoms with E-state index in [1.54, 1.807) is 31.2 Å². The molecule has 28 heavy (non-hydrogen) atoms. The summed E-state index contributed by atoms with van der Waals surface area (Å²) in [6.07, 6.45) is 0.162. The third-order valence-electron chi connectivity index (χ3n) is 3.80. The Morgan fingerprint density at radius 3 is 2.68 bits per heavy atom. The second-order valence-electron chi connectivity index (χ2n) is 5.91. The highest BCUT2D eigenvalue weighted by Crippen LogP contribution is 2.30. The van der Waals surface area contributed by atoms with E-state index < -0.39 is 11.2 Å². The maximum absolute atomic E-state index is 12.5. The summed E-state index contributed by atoms with van der Waals surface area (Å²) in [5, 5.41) is 14.0. The molecule has 10 heteroatoms. The molecule has 3 rings (SSSR count). The summed E-state index contributed by atoms with van der Waals surface area (Å²) in [4.78, 5) is 24.7. The quantitative estimate of drug-likeness (QED) is 0.525. The first-order chi connectivity index (χ1) is 13.4. The number of thiophene rings is 1. The smallest absolute Gasteiger partial charge is 0.237 e. The number of benzene rings is 1. The van der Waals surface area contributed by atoms with Crippen molar-refractivity contribution in [1.29, 1.82) is 0 Å². The summed E-state index contributed by atoms with van der Waals surface area (Å²) in [5.74, 6) is 0.0776. The highest BCUT2D eigenvalue weighted by atomic mass is 35.5. The molecule has 0 aliphatic rings. The lowest BCUT2D eigenvalue weighted by molar-refractivity contribution is -0.118. The van der Waals surface area contributed by atoms with Crippen LogP contribution in [-0.2, 0) is 16.1 Å². The summed E-state index contributed by atoms with van der Waals surface area (Å²) in [7, 11) is 0. The number of nitrogens with two attached hydrogens (primary N) is 1. The van der Waals surface area contributed by atoms with Crippen LogP contribution < -0.4 is 11.1 Å². The van der Waals surface area contributed by atoms with Crippen molar-refractivity contribution in [2.45, 2.75) is 30.3 Å². The van der Waals surface area contributed by atoms with Crippen LogP contribution in [0.4, 0.5) is 5.69 Å². The minimum atomic E-state index is -0.427. The lowest BCUT2D eigenvalue weighted by atomic mass is 10.3. The first kappa shape index (κ1) is 20.4. The van der Waals surface area contributed by atoms with Crippen LogP contribution in [0.15, 0.2) is 46.9 Å². The largest absolute Gasteiger partial charge is 0.370 e. The van der Waals surface area contributed by atoms with Crippen molar-refractivity contribution in [3.63, 3.8) is 0 Å². The average molecular weight is 436 g/mol. The zero-order chi connectivity index (χ0) is 20.1. The molecule has 0 saturated carbocycles. The number of carbonyl (C=O) groups is 2. The molecule has 2 heterocycles. The first-order valence-electron chi connectivity index (χ1n) is 8.42. The molecule has 7 nitrogen and oxygen atoms in total. The molecule has 0 fully saturated rings. The van der Waals surface area contributed by atoms with E-state index in [4.69, 9.17) is 17.3 Å². The fourth-order valence-electron chi connectivity index (χ4n) is 2.38. The van der Waals surface area contributed by atoms with Crippen LogP contribution in [-0.4, -0.2) is 31.8 Å². The number of amides is 2. The fourth-order valence-corrected chi connectivity index (χ4v) is 4.09. The van der Waals surface area contributed by atoms with Gasteiger partial charge < -0.3 is 15.6 Å². The lowest BCUT2D eigenvalue weighted by Gasteiger charge is -2.13. The predicted molar refractivity (Wildman–Crippen MR) is 113 cm³/mol. The fraction of sp³-hybridized carbons (Fsp3) is 0.222. The van der Waals surface area contributed by atoms with Crippen molar-refractivity contribution in [3.8, 4) is 10.7 Å². The van der Waals surface area contributed by atoms with Crippen molar-refractivity contribution in [3.05, 3.63) is 46.8 Å². The Labute approximate surface area is 175 Å². The van der Waals surface area contributed by atoms with Crippen LogP contribution in [0.1, 0.15) is 13.3 Å².